The lowest BCUT2D eigenvalue weighted by molar-refractivity contribution is -0.156. The number of carbonyl (C=O) groups is 4. The lowest BCUT2D eigenvalue weighted by atomic mass is 9.55. The molecule has 0 spiro atoms. The van der Waals surface area contributed by atoms with E-state index in [1.54, 1.807) is 43.3 Å². The van der Waals surface area contributed by atoms with Crippen molar-refractivity contribution in [2.75, 3.05) is 7.11 Å². The lowest BCUT2D eigenvalue weighted by Crippen LogP contribution is -2.56. The average Bonchev–Trinajstić information content (AvgIpc) is 3.30. The number of halogens is 1. The van der Waals surface area contributed by atoms with E-state index in [2.05, 4.69) is 0 Å². The molecule has 0 unspecified atom stereocenters. The predicted octanol–water partition coefficient (Wildman–Crippen LogP) is 5.87. The number of amides is 3. The van der Waals surface area contributed by atoms with Crippen LogP contribution in [0.1, 0.15) is 61.7 Å². The summed E-state index contributed by atoms with van der Waals surface area (Å²) in [5, 5.41) is 2.43. The Morgan fingerprint density at radius 3 is 1.60 bits per heavy atom. The maximum atomic E-state index is 14.5. The number of Topliss-reactive ketones (excluding diaryl/α,β-unsaturated/α-hetero) is 1. The first-order valence-electron chi connectivity index (χ1n) is 14.1. The molecule has 3 aliphatic carbocycles. The number of benzene rings is 4. The van der Waals surface area contributed by atoms with Crippen LogP contribution in [-0.2, 0) is 9.59 Å². The van der Waals surface area contributed by atoms with Crippen molar-refractivity contribution < 1.29 is 23.9 Å². The molecule has 4 aromatic carbocycles. The van der Waals surface area contributed by atoms with Crippen LogP contribution in [0.25, 0.3) is 0 Å². The summed E-state index contributed by atoms with van der Waals surface area (Å²) < 4.78 is 5.22. The molecule has 1 heterocycles. The number of nitrogens with zero attached hydrogens (tertiary/aromatic N) is 2. The van der Waals surface area contributed by atoms with Crippen LogP contribution in [0.15, 0.2) is 97.1 Å². The molecule has 8 rings (SSSR count). The average molecular weight is 591 g/mol. The Labute approximate surface area is 253 Å². The van der Waals surface area contributed by atoms with Gasteiger partial charge in [-0.25, -0.2) is 5.01 Å². The molecule has 0 radical (unpaired) electrons. The fourth-order valence-electron chi connectivity index (χ4n) is 7.15. The van der Waals surface area contributed by atoms with Gasteiger partial charge in [0.25, 0.3) is 17.7 Å². The minimum Gasteiger partial charge on any atom is -0.497 e. The zero-order valence-electron chi connectivity index (χ0n) is 23.4. The molecule has 43 heavy (non-hydrogen) atoms. The highest BCUT2D eigenvalue weighted by Gasteiger charge is 2.63. The number of ether oxygens (including phenoxy) is 1. The van der Waals surface area contributed by atoms with Crippen molar-refractivity contribution in [3.05, 3.63) is 135 Å². The fraction of sp³-hybridized carbons (Fsp3) is 0.200. The van der Waals surface area contributed by atoms with E-state index >= 15 is 0 Å². The molecule has 8 heteroatoms. The van der Waals surface area contributed by atoms with Crippen molar-refractivity contribution in [3.63, 3.8) is 0 Å². The standard InChI is InChI=1S/C35H27ClN2O5/c1-19(32(39)20-13-17-23(43-2)18-14-20)37(33(40)21-11-15-22(36)16-12-21)38-34(41)30-28-24-7-3-4-8-25(24)29(31(30)35(38)42)27-10-6-5-9-26(27)28/h3-19,28-31H,1-2H3/t19-,28?,29?,30-,31+/m1/s1. The van der Waals surface area contributed by atoms with Gasteiger partial charge in [-0.3, -0.25) is 19.2 Å². The second-order valence-corrected chi connectivity index (χ2v) is 11.6. The highest BCUT2D eigenvalue weighted by Crippen LogP contribution is 2.61. The molecule has 2 bridgehead atoms. The summed E-state index contributed by atoms with van der Waals surface area (Å²) >= 11 is 6.09. The van der Waals surface area contributed by atoms with E-state index in [0.29, 0.717) is 16.3 Å². The van der Waals surface area contributed by atoms with Gasteiger partial charge in [0, 0.05) is 28.0 Å². The van der Waals surface area contributed by atoms with E-state index in [4.69, 9.17) is 16.3 Å². The van der Waals surface area contributed by atoms with Gasteiger partial charge in [-0.2, -0.15) is 5.01 Å². The molecule has 3 atom stereocenters. The summed E-state index contributed by atoms with van der Waals surface area (Å²) in [7, 11) is 1.53. The molecule has 4 aliphatic rings. The highest BCUT2D eigenvalue weighted by molar-refractivity contribution is 6.30. The molecule has 1 saturated heterocycles. The van der Waals surface area contributed by atoms with Gasteiger partial charge in [0.2, 0.25) is 0 Å². The fourth-order valence-corrected chi connectivity index (χ4v) is 7.27. The zero-order valence-corrected chi connectivity index (χ0v) is 24.2. The van der Waals surface area contributed by atoms with E-state index in [1.807, 2.05) is 48.5 Å². The van der Waals surface area contributed by atoms with Crippen LogP contribution in [0.4, 0.5) is 0 Å². The number of ketones is 1. The first kappa shape index (κ1) is 27.1. The molecular formula is C35H27ClN2O5. The van der Waals surface area contributed by atoms with Crippen LogP contribution in [-0.4, -0.2) is 46.7 Å². The molecule has 0 N–H and O–H groups in total. The number of rotatable bonds is 6. The Kier molecular flexibility index (Phi) is 6.43. The summed E-state index contributed by atoms with van der Waals surface area (Å²) in [4.78, 5) is 57.1. The number of hydrazine groups is 1. The van der Waals surface area contributed by atoms with Gasteiger partial charge in [-0.05, 0) is 77.7 Å². The Morgan fingerprint density at radius 2 is 1.16 bits per heavy atom. The first-order valence-corrected chi connectivity index (χ1v) is 14.5. The topological polar surface area (TPSA) is 84.0 Å². The minimum atomic E-state index is -1.17. The van der Waals surface area contributed by atoms with Crippen molar-refractivity contribution in [2.45, 2.75) is 24.8 Å². The number of hydrogen-bond donors (Lipinski definition) is 0. The van der Waals surface area contributed by atoms with Crippen molar-refractivity contribution in [1.29, 1.82) is 0 Å². The number of hydrogen-bond acceptors (Lipinski definition) is 5. The second kappa shape index (κ2) is 10.2. The summed E-state index contributed by atoms with van der Waals surface area (Å²) in [6.45, 7) is 1.54. The summed E-state index contributed by atoms with van der Waals surface area (Å²) in [5.74, 6) is -3.55. The van der Waals surface area contributed by atoms with E-state index in [1.165, 1.54) is 19.2 Å². The van der Waals surface area contributed by atoms with E-state index in [9.17, 15) is 19.2 Å². The number of imide groups is 1. The van der Waals surface area contributed by atoms with Crippen LogP contribution in [0, 0.1) is 11.8 Å². The minimum absolute atomic E-state index is 0.198. The Balaban J connectivity index is 1.34. The molecule has 3 amide bonds. The van der Waals surface area contributed by atoms with Crippen molar-refractivity contribution >= 4 is 35.1 Å². The Morgan fingerprint density at radius 1 is 0.721 bits per heavy atom. The monoisotopic (exact) mass is 590 g/mol. The zero-order chi connectivity index (χ0) is 30.0. The van der Waals surface area contributed by atoms with E-state index in [0.717, 1.165) is 32.3 Å². The van der Waals surface area contributed by atoms with Gasteiger partial charge in [0.1, 0.15) is 11.8 Å². The van der Waals surface area contributed by atoms with Crippen LogP contribution < -0.4 is 4.74 Å². The SMILES string of the molecule is COc1ccc(C(=O)[C@@H](C)N(C(=O)c2ccc(Cl)cc2)N2C(=O)[C@@H]3C4c5ccccc5C(c5ccccc54)[C@@H]3C2=O)cc1. The van der Waals surface area contributed by atoms with Gasteiger partial charge in [-0.1, -0.05) is 60.1 Å². The van der Waals surface area contributed by atoms with Gasteiger partial charge < -0.3 is 4.74 Å². The third kappa shape index (κ3) is 4.02. The maximum Gasteiger partial charge on any atom is 0.273 e. The van der Waals surface area contributed by atoms with Gasteiger partial charge in [0.15, 0.2) is 5.78 Å². The Bertz CT molecular complexity index is 1690. The molecule has 0 aromatic heterocycles. The third-order valence-electron chi connectivity index (χ3n) is 9.06. The third-order valence-corrected chi connectivity index (χ3v) is 9.31. The summed E-state index contributed by atoms with van der Waals surface area (Å²) in [5.41, 5.74) is 4.60. The smallest absolute Gasteiger partial charge is 0.273 e. The second-order valence-electron chi connectivity index (χ2n) is 11.2. The van der Waals surface area contributed by atoms with Gasteiger partial charge in [0.05, 0.1) is 18.9 Å². The molecular weight excluding hydrogens is 564 g/mol. The van der Waals surface area contributed by atoms with Gasteiger partial charge >= 0.3 is 0 Å². The van der Waals surface area contributed by atoms with Gasteiger partial charge in [-0.15, -0.1) is 0 Å². The van der Waals surface area contributed by atoms with Crippen LogP contribution in [0.2, 0.25) is 5.02 Å². The highest BCUT2D eigenvalue weighted by atomic mass is 35.5. The predicted molar refractivity (Wildman–Crippen MR) is 160 cm³/mol. The summed E-state index contributed by atoms with van der Waals surface area (Å²) in [6, 6.07) is 27.4. The molecule has 1 aliphatic heterocycles. The van der Waals surface area contributed by atoms with Crippen molar-refractivity contribution in [3.8, 4) is 5.75 Å². The van der Waals surface area contributed by atoms with Crippen molar-refractivity contribution in [1.82, 2.24) is 10.0 Å². The largest absolute Gasteiger partial charge is 0.497 e. The van der Waals surface area contributed by atoms with Crippen molar-refractivity contribution in [2.24, 2.45) is 11.8 Å². The van der Waals surface area contributed by atoms with Crippen LogP contribution in [0.3, 0.4) is 0 Å². The summed E-state index contributed by atoms with van der Waals surface area (Å²) in [6.07, 6.45) is 0. The number of carbonyl (C=O) groups excluding carboxylic acids is 4. The molecule has 0 saturated carbocycles. The quantitative estimate of drug-likeness (QED) is 0.207. The lowest BCUT2D eigenvalue weighted by Gasteiger charge is -2.45. The molecule has 214 valence electrons. The van der Waals surface area contributed by atoms with E-state index < -0.39 is 41.4 Å². The molecule has 7 nitrogen and oxygen atoms in total. The van der Waals surface area contributed by atoms with Crippen LogP contribution >= 0.6 is 11.6 Å². The normalized spacial score (nSPS) is 22.0. The first-order chi connectivity index (χ1) is 20.8. The molecule has 4 aromatic rings. The number of methoxy groups -OCH3 is 1. The maximum absolute atomic E-state index is 14.5. The Hall–Kier alpha value is -4.75. The van der Waals surface area contributed by atoms with Crippen LogP contribution in [0.5, 0.6) is 5.75 Å². The molecule has 1 fully saturated rings. The van der Waals surface area contributed by atoms with E-state index in [-0.39, 0.29) is 17.4 Å².